The van der Waals surface area contributed by atoms with Crippen LogP contribution >= 0.6 is 15.9 Å². The summed E-state index contributed by atoms with van der Waals surface area (Å²) in [6.07, 6.45) is 1.11. The van der Waals surface area contributed by atoms with Crippen molar-refractivity contribution in [3.05, 3.63) is 58.6 Å². The summed E-state index contributed by atoms with van der Waals surface area (Å²) in [5, 5.41) is 3.33. The highest BCUT2D eigenvalue weighted by Crippen LogP contribution is 2.24. The SMILES string of the molecule is CCC(NC)c1ccc(-c2ccc(Br)cc2)cc1. The summed E-state index contributed by atoms with van der Waals surface area (Å²) in [5.74, 6) is 0. The van der Waals surface area contributed by atoms with E-state index in [4.69, 9.17) is 0 Å². The average Bonchev–Trinajstić information content (AvgIpc) is 2.42. The molecule has 0 aromatic heterocycles. The maximum Gasteiger partial charge on any atom is 0.0314 e. The van der Waals surface area contributed by atoms with Gasteiger partial charge in [0.1, 0.15) is 0 Å². The second-order valence-corrected chi connectivity index (χ2v) is 5.29. The van der Waals surface area contributed by atoms with E-state index in [-0.39, 0.29) is 0 Å². The van der Waals surface area contributed by atoms with Gasteiger partial charge in [-0.15, -0.1) is 0 Å². The monoisotopic (exact) mass is 303 g/mol. The van der Waals surface area contributed by atoms with Crippen molar-refractivity contribution in [3.63, 3.8) is 0 Å². The van der Waals surface area contributed by atoms with Gasteiger partial charge >= 0.3 is 0 Å². The Hall–Kier alpha value is -1.12. The fourth-order valence-corrected chi connectivity index (χ4v) is 2.42. The number of hydrogen-bond donors (Lipinski definition) is 1. The van der Waals surface area contributed by atoms with Crippen molar-refractivity contribution in [1.29, 1.82) is 0 Å². The van der Waals surface area contributed by atoms with Gasteiger partial charge in [0, 0.05) is 10.5 Å². The first-order valence-electron chi connectivity index (χ1n) is 6.27. The minimum atomic E-state index is 0.448. The van der Waals surface area contributed by atoms with Gasteiger partial charge in [-0.05, 0) is 42.3 Å². The van der Waals surface area contributed by atoms with Crippen molar-refractivity contribution in [2.24, 2.45) is 0 Å². The van der Waals surface area contributed by atoms with Crippen LogP contribution < -0.4 is 5.32 Å². The van der Waals surface area contributed by atoms with Crippen LogP contribution in [0.4, 0.5) is 0 Å². The quantitative estimate of drug-likeness (QED) is 0.856. The largest absolute Gasteiger partial charge is 0.313 e. The molecule has 1 unspecified atom stereocenters. The Bertz CT molecular complexity index is 484. The molecule has 0 spiro atoms. The molecular formula is C16H18BrN. The molecule has 1 atom stereocenters. The van der Waals surface area contributed by atoms with Crippen molar-refractivity contribution in [2.75, 3.05) is 7.05 Å². The zero-order valence-electron chi connectivity index (χ0n) is 10.8. The number of halogens is 1. The normalized spacial score (nSPS) is 12.4. The first-order valence-corrected chi connectivity index (χ1v) is 7.07. The van der Waals surface area contributed by atoms with Crippen LogP contribution in [0, 0.1) is 0 Å². The summed E-state index contributed by atoms with van der Waals surface area (Å²) >= 11 is 3.46. The highest BCUT2D eigenvalue weighted by atomic mass is 79.9. The molecule has 2 aromatic carbocycles. The van der Waals surface area contributed by atoms with Gasteiger partial charge < -0.3 is 5.32 Å². The Morgan fingerprint density at radius 3 is 1.89 bits per heavy atom. The van der Waals surface area contributed by atoms with Crippen LogP contribution in [0.3, 0.4) is 0 Å². The van der Waals surface area contributed by atoms with E-state index >= 15 is 0 Å². The summed E-state index contributed by atoms with van der Waals surface area (Å²) in [6, 6.07) is 17.7. The molecule has 2 aromatic rings. The number of nitrogens with one attached hydrogen (secondary N) is 1. The van der Waals surface area contributed by atoms with Gasteiger partial charge in [0.15, 0.2) is 0 Å². The van der Waals surface area contributed by atoms with Crippen LogP contribution in [0.25, 0.3) is 11.1 Å². The number of hydrogen-bond acceptors (Lipinski definition) is 1. The highest BCUT2D eigenvalue weighted by molar-refractivity contribution is 9.10. The molecule has 0 aliphatic rings. The van der Waals surface area contributed by atoms with Crippen LogP contribution in [0.15, 0.2) is 53.0 Å². The van der Waals surface area contributed by atoms with Crippen molar-refractivity contribution in [2.45, 2.75) is 19.4 Å². The van der Waals surface area contributed by atoms with Gasteiger partial charge in [0.25, 0.3) is 0 Å². The molecule has 1 nitrogen and oxygen atoms in total. The predicted molar refractivity (Wildman–Crippen MR) is 81.7 cm³/mol. The average molecular weight is 304 g/mol. The van der Waals surface area contributed by atoms with E-state index in [9.17, 15) is 0 Å². The number of rotatable bonds is 4. The molecule has 0 heterocycles. The minimum Gasteiger partial charge on any atom is -0.313 e. The van der Waals surface area contributed by atoms with Gasteiger partial charge in [-0.2, -0.15) is 0 Å². The zero-order valence-corrected chi connectivity index (χ0v) is 12.4. The van der Waals surface area contributed by atoms with E-state index in [1.54, 1.807) is 0 Å². The summed E-state index contributed by atoms with van der Waals surface area (Å²) < 4.78 is 1.11. The first kappa shape index (κ1) is 13.3. The summed E-state index contributed by atoms with van der Waals surface area (Å²) in [5.41, 5.74) is 3.86. The molecule has 18 heavy (non-hydrogen) atoms. The zero-order chi connectivity index (χ0) is 13.0. The van der Waals surface area contributed by atoms with Gasteiger partial charge in [0.2, 0.25) is 0 Å². The minimum absolute atomic E-state index is 0.448. The van der Waals surface area contributed by atoms with Crippen molar-refractivity contribution in [1.82, 2.24) is 5.32 Å². The van der Waals surface area contributed by atoms with E-state index < -0.39 is 0 Å². The van der Waals surface area contributed by atoms with Crippen LogP contribution in [0.5, 0.6) is 0 Å². The third-order valence-corrected chi connectivity index (χ3v) is 3.78. The standard InChI is InChI=1S/C16H18BrN/c1-3-16(18-2)14-6-4-12(5-7-14)13-8-10-15(17)11-9-13/h4-11,16,18H,3H2,1-2H3. The van der Waals surface area contributed by atoms with Gasteiger partial charge in [-0.25, -0.2) is 0 Å². The molecule has 2 heteroatoms. The molecular weight excluding hydrogens is 286 g/mol. The molecule has 0 saturated carbocycles. The first-order chi connectivity index (χ1) is 8.74. The smallest absolute Gasteiger partial charge is 0.0314 e. The van der Waals surface area contributed by atoms with Crippen LogP contribution in [-0.2, 0) is 0 Å². The van der Waals surface area contributed by atoms with Gasteiger partial charge in [-0.3, -0.25) is 0 Å². The van der Waals surface area contributed by atoms with Crippen molar-refractivity contribution in [3.8, 4) is 11.1 Å². The van der Waals surface area contributed by atoms with Crippen LogP contribution in [0.1, 0.15) is 24.9 Å². The van der Waals surface area contributed by atoms with Crippen molar-refractivity contribution < 1.29 is 0 Å². The lowest BCUT2D eigenvalue weighted by molar-refractivity contribution is 0.577. The lowest BCUT2D eigenvalue weighted by atomic mass is 10.00. The Morgan fingerprint density at radius 2 is 1.44 bits per heavy atom. The van der Waals surface area contributed by atoms with Gasteiger partial charge in [-0.1, -0.05) is 59.3 Å². The Kier molecular flexibility index (Phi) is 4.56. The van der Waals surface area contributed by atoms with Crippen molar-refractivity contribution >= 4 is 15.9 Å². The molecule has 0 aliphatic carbocycles. The molecule has 0 aliphatic heterocycles. The molecule has 1 N–H and O–H groups in total. The topological polar surface area (TPSA) is 12.0 Å². The molecule has 0 saturated heterocycles. The third-order valence-electron chi connectivity index (χ3n) is 3.25. The maximum absolute atomic E-state index is 3.46. The van der Waals surface area contributed by atoms with E-state index in [0.29, 0.717) is 6.04 Å². The molecule has 2 rings (SSSR count). The van der Waals surface area contributed by atoms with Crippen LogP contribution in [-0.4, -0.2) is 7.05 Å². The highest BCUT2D eigenvalue weighted by Gasteiger charge is 2.06. The van der Waals surface area contributed by atoms with E-state index in [1.165, 1.54) is 16.7 Å². The summed E-state index contributed by atoms with van der Waals surface area (Å²) in [6.45, 7) is 2.20. The Labute approximate surface area is 117 Å². The van der Waals surface area contributed by atoms with E-state index in [0.717, 1.165) is 10.9 Å². The second kappa shape index (κ2) is 6.17. The molecule has 0 radical (unpaired) electrons. The van der Waals surface area contributed by atoms with Crippen LogP contribution in [0.2, 0.25) is 0 Å². The molecule has 0 bridgehead atoms. The summed E-state index contributed by atoms with van der Waals surface area (Å²) in [7, 11) is 2.01. The predicted octanol–water partition coefficient (Wildman–Crippen LogP) is 4.79. The Morgan fingerprint density at radius 1 is 0.944 bits per heavy atom. The Balaban J connectivity index is 2.24. The number of benzene rings is 2. The molecule has 0 amide bonds. The fraction of sp³-hybridized carbons (Fsp3) is 0.250. The fourth-order valence-electron chi connectivity index (χ4n) is 2.16. The van der Waals surface area contributed by atoms with E-state index in [2.05, 4.69) is 76.7 Å². The second-order valence-electron chi connectivity index (χ2n) is 4.38. The lowest BCUT2D eigenvalue weighted by Crippen LogP contribution is -2.14. The molecule has 94 valence electrons. The third kappa shape index (κ3) is 3.01. The summed E-state index contributed by atoms with van der Waals surface area (Å²) in [4.78, 5) is 0. The lowest BCUT2D eigenvalue weighted by Gasteiger charge is -2.14. The van der Waals surface area contributed by atoms with E-state index in [1.807, 2.05) is 7.05 Å². The van der Waals surface area contributed by atoms with Gasteiger partial charge in [0.05, 0.1) is 0 Å². The molecule has 0 fully saturated rings. The maximum atomic E-state index is 3.46.